The summed E-state index contributed by atoms with van der Waals surface area (Å²) in [5, 5.41) is 8.98. The molecule has 0 radical (unpaired) electrons. The molecular weight excluding hydrogens is 264 g/mol. The topological polar surface area (TPSA) is 53.3 Å². The first-order valence-corrected chi connectivity index (χ1v) is 7.53. The highest BCUT2D eigenvalue weighted by Crippen LogP contribution is 2.34. The van der Waals surface area contributed by atoms with Crippen molar-refractivity contribution in [3.05, 3.63) is 35.9 Å². The first kappa shape index (κ1) is 15.5. The number of benzene rings is 1. The van der Waals surface area contributed by atoms with Gasteiger partial charge in [0, 0.05) is 12.5 Å². The van der Waals surface area contributed by atoms with E-state index in [1.807, 2.05) is 25.1 Å². The quantitative estimate of drug-likeness (QED) is 0.781. The van der Waals surface area contributed by atoms with Crippen LogP contribution in [0.4, 0.5) is 0 Å². The van der Waals surface area contributed by atoms with E-state index in [9.17, 15) is 4.79 Å². The van der Waals surface area contributed by atoms with Gasteiger partial charge in [0.05, 0.1) is 12.7 Å². The van der Waals surface area contributed by atoms with Crippen LogP contribution in [0.5, 0.6) is 0 Å². The van der Waals surface area contributed by atoms with E-state index in [0.717, 1.165) is 13.0 Å². The first-order chi connectivity index (χ1) is 10.2. The van der Waals surface area contributed by atoms with Crippen molar-refractivity contribution in [1.29, 1.82) is 5.26 Å². The molecule has 1 aliphatic heterocycles. The van der Waals surface area contributed by atoms with Gasteiger partial charge in [-0.05, 0) is 38.3 Å². The molecule has 21 heavy (non-hydrogen) atoms. The molecule has 1 fully saturated rings. The van der Waals surface area contributed by atoms with E-state index in [-0.39, 0.29) is 24.0 Å². The number of hydrogen-bond acceptors (Lipinski definition) is 4. The molecule has 0 amide bonds. The number of hydrogen-bond donors (Lipinski definition) is 0. The molecule has 0 spiro atoms. The highest BCUT2D eigenvalue weighted by molar-refractivity contribution is 5.76. The van der Waals surface area contributed by atoms with Crippen LogP contribution in [-0.2, 0) is 9.53 Å². The molecule has 1 aromatic rings. The Kier molecular flexibility index (Phi) is 5.35. The molecule has 1 aliphatic rings. The van der Waals surface area contributed by atoms with Crippen LogP contribution < -0.4 is 0 Å². The third-order valence-corrected chi connectivity index (χ3v) is 4.22. The predicted octanol–water partition coefficient (Wildman–Crippen LogP) is 2.91. The second-order valence-electron chi connectivity index (χ2n) is 5.43. The molecule has 0 bridgehead atoms. The van der Waals surface area contributed by atoms with Crippen LogP contribution in [0.3, 0.4) is 0 Å². The number of likely N-dealkylation sites (tertiary alicyclic amines) is 1. The van der Waals surface area contributed by atoms with Crippen molar-refractivity contribution in [2.75, 3.05) is 13.2 Å². The molecule has 1 aromatic carbocycles. The molecule has 0 aromatic heterocycles. The fraction of sp³-hybridized carbons (Fsp3) is 0.529. The van der Waals surface area contributed by atoms with Crippen LogP contribution in [0.15, 0.2) is 30.3 Å². The Morgan fingerprint density at radius 3 is 2.81 bits per heavy atom. The lowest BCUT2D eigenvalue weighted by Gasteiger charge is -2.31. The molecule has 1 unspecified atom stereocenters. The number of nitriles is 1. The number of ether oxygens (including phenoxy) is 1. The van der Waals surface area contributed by atoms with Crippen molar-refractivity contribution in [3.8, 4) is 6.07 Å². The summed E-state index contributed by atoms with van der Waals surface area (Å²) in [6.45, 7) is 5.13. The van der Waals surface area contributed by atoms with Crippen molar-refractivity contribution < 1.29 is 9.53 Å². The lowest BCUT2D eigenvalue weighted by Crippen LogP contribution is -2.42. The molecule has 0 saturated carbocycles. The van der Waals surface area contributed by atoms with Gasteiger partial charge in [0.25, 0.3) is 0 Å². The third kappa shape index (κ3) is 3.43. The molecule has 4 nitrogen and oxygen atoms in total. The molecule has 3 atom stereocenters. The van der Waals surface area contributed by atoms with Crippen LogP contribution >= 0.6 is 0 Å². The van der Waals surface area contributed by atoms with Gasteiger partial charge in [0.1, 0.15) is 6.04 Å². The number of carbonyl (C=O) groups excluding carboxylic acids is 1. The summed E-state index contributed by atoms with van der Waals surface area (Å²) < 4.78 is 5.23. The summed E-state index contributed by atoms with van der Waals surface area (Å²) in [4.78, 5) is 14.5. The zero-order valence-electron chi connectivity index (χ0n) is 12.7. The molecule has 4 heteroatoms. The zero-order chi connectivity index (χ0) is 15.2. The summed E-state index contributed by atoms with van der Waals surface area (Å²) in [7, 11) is 0. The Balaban J connectivity index is 2.20. The van der Waals surface area contributed by atoms with Gasteiger partial charge < -0.3 is 4.74 Å². The molecule has 0 N–H and O–H groups in total. The van der Waals surface area contributed by atoms with Gasteiger partial charge in [-0.1, -0.05) is 30.3 Å². The SMILES string of the molecule is CCOC(=O)[C@@H]1[C@H](CC#N)CCN1C(C)c1ccccc1. The highest BCUT2D eigenvalue weighted by Gasteiger charge is 2.42. The van der Waals surface area contributed by atoms with E-state index in [2.05, 4.69) is 30.0 Å². The third-order valence-electron chi connectivity index (χ3n) is 4.22. The van der Waals surface area contributed by atoms with Crippen molar-refractivity contribution in [1.82, 2.24) is 4.90 Å². The average Bonchev–Trinajstić information content (AvgIpc) is 2.92. The van der Waals surface area contributed by atoms with E-state index in [1.165, 1.54) is 5.56 Å². The smallest absolute Gasteiger partial charge is 0.323 e. The van der Waals surface area contributed by atoms with Gasteiger partial charge in [-0.25, -0.2) is 0 Å². The lowest BCUT2D eigenvalue weighted by atomic mass is 9.96. The normalized spacial score (nSPS) is 23.5. The van der Waals surface area contributed by atoms with Crippen LogP contribution in [0.25, 0.3) is 0 Å². The molecule has 1 heterocycles. The molecule has 1 saturated heterocycles. The summed E-state index contributed by atoms with van der Waals surface area (Å²) >= 11 is 0. The fourth-order valence-corrected chi connectivity index (χ4v) is 3.13. The number of rotatable bonds is 5. The lowest BCUT2D eigenvalue weighted by molar-refractivity contribution is -0.150. The summed E-state index contributed by atoms with van der Waals surface area (Å²) in [6.07, 6.45) is 1.27. The van der Waals surface area contributed by atoms with Gasteiger partial charge in [-0.15, -0.1) is 0 Å². The minimum absolute atomic E-state index is 0.0696. The summed E-state index contributed by atoms with van der Waals surface area (Å²) in [5.41, 5.74) is 1.18. The monoisotopic (exact) mass is 286 g/mol. The van der Waals surface area contributed by atoms with E-state index >= 15 is 0 Å². The molecule has 0 aliphatic carbocycles. The van der Waals surface area contributed by atoms with Gasteiger partial charge in [-0.2, -0.15) is 5.26 Å². The standard InChI is InChI=1S/C17H22N2O2/c1-3-21-17(20)16-15(9-11-18)10-12-19(16)13(2)14-7-5-4-6-8-14/h4-8,13,15-16H,3,9-10,12H2,1-2H3/t13?,15-,16+/m1/s1. The Bertz CT molecular complexity index is 509. The van der Waals surface area contributed by atoms with Gasteiger partial charge in [0.2, 0.25) is 0 Å². The Morgan fingerprint density at radius 2 is 2.19 bits per heavy atom. The maximum absolute atomic E-state index is 12.3. The predicted molar refractivity (Wildman–Crippen MR) is 80.3 cm³/mol. The van der Waals surface area contributed by atoms with Crippen LogP contribution in [0.2, 0.25) is 0 Å². The summed E-state index contributed by atoms with van der Waals surface area (Å²) in [6, 6.07) is 12.2. The van der Waals surface area contributed by atoms with Crippen molar-refractivity contribution in [2.24, 2.45) is 5.92 Å². The second-order valence-corrected chi connectivity index (χ2v) is 5.43. The fourth-order valence-electron chi connectivity index (χ4n) is 3.13. The Labute approximate surface area is 126 Å². The average molecular weight is 286 g/mol. The first-order valence-electron chi connectivity index (χ1n) is 7.53. The highest BCUT2D eigenvalue weighted by atomic mass is 16.5. The maximum Gasteiger partial charge on any atom is 0.323 e. The maximum atomic E-state index is 12.3. The Morgan fingerprint density at radius 1 is 1.48 bits per heavy atom. The zero-order valence-corrected chi connectivity index (χ0v) is 12.7. The molecule has 112 valence electrons. The van der Waals surface area contributed by atoms with Crippen LogP contribution in [0.1, 0.15) is 38.3 Å². The molecule has 2 rings (SSSR count). The molecular formula is C17H22N2O2. The van der Waals surface area contributed by atoms with Gasteiger partial charge in [-0.3, -0.25) is 9.69 Å². The van der Waals surface area contributed by atoms with Crippen LogP contribution in [0, 0.1) is 17.2 Å². The minimum atomic E-state index is -0.306. The van der Waals surface area contributed by atoms with E-state index in [0.29, 0.717) is 13.0 Å². The van der Waals surface area contributed by atoms with Gasteiger partial charge in [0.15, 0.2) is 0 Å². The van der Waals surface area contributed by atoms with E-state index in [4.69, 9.17) is 10.00 Å². The van der Waals surface area contributed by atoms with E-state index < -0.39 is 0 Å². The van der Waals surface area contributed by atoms with E-state index in [1.54, 1.807) is 0 Å². The van der Waals surface area contributed by atoms with Crippen molar-refractivity contribution >= 4 is 5.97 Å². The number of esters is 1. The van der Waals surface area contributed by atoms with Crippen LogP contribution in [-0.4, -0.2) is 30.1 Å². The van der Waals surface area contributed by atoms with Crippen molar-refractivity contribution in [3.63, 3.8) is 0 Å². The minimum Gasteiger partial charge on any atom is -0.465 e. The summed E-state index contributed by atoms with van der Waals surface area (Å²) in [5.74, 6) is -0.127. The number of nitrogens with zero attached hydrogens (tertiary/aromatic N) is 2. The largest absolute Gasteiger partial charge is 0.465 e. The van der Waals surface area contributed by atoms with Gasteiger partial charge >= 0.3 is 5.97 Å². The van der Waals surface area contributed by atoms with Crippen molar-refractivity contribution in [2.45, 2.75) is 38.8 Å². The second kappa shape index (κ2) is 7.24. The number of carbonyl (C=O) groups is 1. The Hall–Kier alpha value is -1.86.